The Morgan fingerprint density at radius 1 is 1.28 bits per heavy atom. The Labute approximate surface area is 107 Å². The van der Waals surface area contributed by atoms with Gasteiger partial charge in [0.15, 0.2) is 5.82 Å². The lowest BCUT2D eigenvalue weighted by Gasteiger charge is -2.08. The number of fused-ring (bicyclic) bond motifs is 1. The molecule has 2 rings (SSSR count). The maximum Gasteiger partial charge on any atom is 0.174 e. The van der Waals surface area contributed by atoms with E-state index in [1.807, 2.05) is 39.8 Å². The van der Waals surface area contributed by atoms with Gasteiger partial charge in [-0.3, -0.25) is 15.2 Å². The zero-order valence-corrected chi connectivity index (χ0v) is 11.2. The number of aromatic nitrogens is 3. The van der Waals surface area contributed by atoms with Crippen molar-refractivity contribution in [1.29, 1.82) is 0 Å². The second-order valence-corrected chi connectivity index (χ2v) is 3.19. The molecule has 0 aliphatic rings. The fraction of sp³-hybridized carbons (Fsp3) is 0.417. The quantitative estimate of drug-likeness (QED) is 0.639. The van der Waals surface area contributed by atoms with Gasteiger partial charge in [-0.2, -0.15) is 5.10 Å². The summed E-state index contributed by atoms with van der Waals surface area (Å²) in [7, 11) is 0. The van der Waals surface area contributed by atoms with Gasteiger partial charge in [0.1, 0.15) is 0 Å². The third kappa shape index (κ3) is 3.35. The molecule has 0 aromatic carbocycles. The predicted molar refractivity (Wildman–Crippen MR) is 71.8 cm³/mol. The Balaban J connectivity index is 0.000000771. The largest absolute Gasteiger partial charge is 0.283 e. The molecule has 0 saturated carbocycles. The van der Waals surface area contributed by atoms with Crippen LogP contribution in [0.2, 0.25) is 0 Å². The Bertz CT molecular complexity index is 489. The van der Waals surface area contributed by atoms with E-state index >= 15 is 0 Å². The molecule has 6 nitrogen and oxygen atoms in total. The maximum atomic E-state index is 4.97. The van der Waals surface area contributed by atoms with Crippen molar-refractivity contribution in [3.63, 3.8) is 0 Å². The van der Waals surface area contributed by atoms with Gasteiger partial charge in [-0.1, -0.05) is 13.8 Å². The molecule has 0 aliphatic carbocycles. The number of anilines is 1. The molecule has 0 aliphatic heterocycles. The minimum Gasteiger partial charge on any atom is -0.283 e. The van der Waals surface area contributed by atoms with Gasteiger partial charge in [-0.15, -0.1) is 10.7 Å². The van der Waals surface area contributed by atoms with Crippen LogP contribution in [0, 0.1) is 6.92 Å². The minimum atomic E-state index is 0.558. The minimum absolute atomic E-state index is 0.558. The number of aryl methyl sites for hydroxylation is 1. The fourth-order valence-corrected chi connectivity index (χ4v) is 1.36. The molecule has 6 heteroatoms. The summed E-state index contributed by atoms with van der Waals surface area (Å²) in [6.45, 7) is 8.32. The third-order valence-electron chi connectivity index (χ3n) is 2.09. The maximum absolute atomic E-state index is 4.97. The van der Waals surface area contributed by atoms with Crippen LogP contribution >= 0.6 is 0 Å². The van der Waals surface area contributed by atoms with Gasteiger partial charge < -0.3 is 0 Å². The molecule has 0 atom stereocenters. The fourth-order valence-electron chi connectivity index (χ4n) is 1.36. The molecule has 98 valence electrons. The first-order valence-corrected chi connectivity index (χ1v) is 6.03. The number of hydrogen-bond donors (Lipinski definition) is 2. The number of nitrogens with one attached hydrogen (secondary N) is 2. The summed E-state index contributed by atoms with van der Waals surface area (Å²) in [5.74, 6) is 0.599. The van der Waals surface area contributed by atoms with Crippen LogP contribution in [0.5, 0.6) is 0 Å². The average Bonchev–Trinajstić information content (AvgIpc) is 2.44. The predicted octanol–water partition coefficient (Wildman–Crippen LogP) is 2.23. The first-order valence-electron chi connectivity index (χ1n) is 6.03. The molecule has 2 heterocycles. The molecule has 18 heavy (non-hydrogen) atoms. The van der Waals surface area contributed by atoms with Crippen molar-refractivity contribution < 1.29 is 4.84 Å². The molecular formula is C12H19N5O. The number of pyridine rings is 1. The highest BCUT2D eigenvalue weighted by Crippen LogP contribution is 2.19. The van der Waals surface area contributed by atoms with Crippen molar-refractivity contribution in [3.05, 3.63) is 24.0 Å². The summed E-state index contributed by atoms with van der Waals surface area (Å²) < 4.78 is 0. The van der Waals surface area contributed by atoms with Crippen LogP contribution in [0.15, 0.2) is 18.3 Å². The highest BCUT2D eigenvalue weighted by molar-refractivity contribution is 5.89. The van der Waals surface area contributed by atoms with E-state index < -0.39 is 0 Å². The molecule has 2 aromatic heterocycles. The summed E-state index contributed by atoms with van der Waals surface area (Å²) in [4.78, 5) is 9.23. The smallest absolute Gasteiger partial charge is 0.174 e. The SMILES string of the molecule is CC.CCONNc1nnc(C)c2ncccc12. The van der Waals surface area contributed by atoms with Gasteiger partial charge in [0, 0.05) is 11.6 Å². The van der Waals surface area contributed by atoms with E-state index in [0.717, 1.165) is 16.6 Å². The van der Waals surface area contributed by atoms with Crippen LogP contribution in [0.4, 0.5) is 5.82 Å². The van der Waals surface area contributed by atoms with Gasteiger partial charge in [0.05, 0.1) is 17.8 Å². The van der Waals surface area contributed by atoms with Crippen molar-refractivity contribution in [2.75, 3.05) is 12.0 Å². The zero-order chi connectivity index (χ0) is 13.4. The summed E-state index contributed by atoms with van der Waals surface area (Å²) in [6, 6.07) is 3.79. The van der Waals surface area contributed by atoms with Gasteiger partial charge in [-0.25, -0.2) is 0 Å². The van der Waals surface area contributed by atoms with E-state index in [2.05, 4.69) is 26.2 Å². The lowest BCUT2D eigenvalue weighted by atomic mass is 10.2. The first kappa shape index (κ1) is 14.3. The highest BCUT2D eigenvalue weighted by Gasteiger charge is 2.06. The van der Waals surface area contributed by atoms with Crippen molar-refractivity contribution in [2.24, 2.45) is 0 Å². The Morgan fingerprint density at radius 3 is 2.78 bits per heavy atom. The molecule has 2 N–H and O–H groups in total. The van der Waals surface area contributed by atoms with Crippen LogP contribution < -0.4 is 11.0 Å². The van der Waals surface area contributed by atoms with E-state index in [9.17, 15) is 0 Å². The molecule has 0 amide bonds. The lowest BCUT2D eigenvalue weighted by molar-refractivity contribution is 0.0674. The van der Waals surface area contributed by atoms with Crippen LogP contribution in [-0.2, 0) is 4.84 Å². The summed E-state index contributed by atoms with van der Waals surface area (Å²) in [5, 5.41) is 8.95. The molecular weight excluding hydrogens is 230 g/mol. The average molecular weight is 249 g/mol. The van der Waals surface area contributed by atoms with E-state index in [4.69, 9.17) is 4.84 Å². The van der Waals surface area contributed by atoms with Crippen LogP contribution in [0.3, 0.4) is 0 Å². The molecule has 0 spiro atoms. The molecule has 0 saturated heterocycles. The van der Waals surface area contributed by atoms with Crippen molar-refractivity contribution in [3.8, 4) is 0 Å². The van der Waals surface area contributed by atoms with Crippen molar-refractivity contribution in [1.82, 2.24) is 20.8 Å². The first-order chi connectivity index (χ1) is 8.83. The monoisotopic (exact) mass is 249 g/mol. The summed E-state index contributed by atoms with van der Waals surface area (Å²) in [6.07, 6.45) is 1.73. The van der Waals surface area contributed by atoms with E-state index in [1.54, 1.807) is 6.20 Å². The van der Waals surface area contributed by atoms with Gasteiger partial charge in [0.25, 0.3) is 0 Å². The van der Waals surface area contributed by atoms with Crippen molar-refractivity contribution >= 4 is 16.7 Å². The van der Waals surface area contributed by atoms with E-state index in [0.29, 0.717) is 12.4 Å². The number of rotatable bonds is 4. The summed E-state index contributed by atoms with van der Waals surface area (Å²) >= 11 is 0. The zero-order valence-electron chi connectivity index (χ0n) is 11.2. The van der Waals surface area contributed by atoms with Gasteiger partial charge >= 0.3 is 0 Å². The Morgan fingerprint density at radius 2 is 2.06 bits per heavy atom. The van der Waals surface area contributed by atoms with Gasteiger partial charge in [-0.05, 0) is 26.0 Å². The van der Waals surface area contributed by atoms with E-state index in [1.165, 1.54) is 0 Å². The third-order valence-corrected chi connectivity index (χ3v) is 2.09. The van der Waals surface area contributed by atoms with Gasteiger partial charge in [0.2, 0.25) is 0 Å². The molecule has 0 fully saturated rings. The molecule has 0 unspecified atom stereocenters. The second-order valence-electron chi connectivity index (χ2n) is 3.19. The highest BCUT2D eigenvalue weighted by atomic mass is 16.7. The standard InChI is InChI=1S/C10H13N5O.C2H6/c1-3-16-15-14-10-8-5-4-6-11-9(8)7(2)12-13-10;1-2/h4-6,15H,3H2,1-2H3,(H,13,14);1-2H3. The van der Waals surface area contributed by atoms with Crippen LogP contribution in [0.1, 0.15) is 26.5 Å². The topological polar surface area (TPSA) is 72.0 Å². The lowest BCUT2D eigenvalue weighted by Crippen LogP contribution is -2.23. The molecule has 0 bridgehead atoms. The molecule has 0 radical (unpaired) electrons. The normalized spacial score (nSPS) is 9.78. The van der Waals surface area contributed by atoms with Crippen LogP contribution in [0.25, 0.3) is 10.9 Å². The molecule has 2 aromatic rings. The summed E-state index contributed by atoms with van der Waals surface area (Å²) in [5.41, 5.74) is 7.05. The Hall–Kier alpha value is -1.79. The number of hydrazine groups is 1. The Kier molecular flexibility index (Phi) is 5.96. The number of nitrogens with zero attached hydrogens (tertiary/aromatic N) is 3. The van der Waals surface area contributed by atoms with E-state index in [-0.39, 0.29) is 0 Å². The number of hydrogen-bond acceptors (Lipinski definition) is 6. The second kappa shape index (κ2) is 7.52. The van der Waals surface area contributed by atoms with Crippen molar-refractivity contribution in [2.45, 2.75) is 27.7 Å². The van der Waals surface area contributed by atoms with Crippen LogP contribution in [-0.4, -0.2) is 21.8 Å².